The van der Waals surface area contributed by atoms with E-state index in [4.69, 9.17) is 4.84 Å². The Morgan fingerprint density at radius 2 is 1.33 bits per heavy atom. The molecule has 0 radical (unpaired) electrons. The Morgan fingerprint density at radius 3 is 1.72 bits per heavy atom. The van der Waals surface area contributed by atoms with E-state index in [2.05, 4.69) is 10.4 Å². The number of rotatable bonds is 2. The van der Waals surface area contributed by atoms with Gasteiger partial charge in [0.15, 0.2) is 0 Å². The Balaban J connectivity index is 2.21. The summed E-state index contributed by atoms with van der Waals surface area (Å²) in [4.78, 5) is 17.4. The zero-order valence-corrected chi connectivity index (χ0v) is 9.48. The second-order valence-corrected chi connectivity index (χ2v) is 3.99. The maximum atomic E-state index is 12.1. The van der Waals surface area contributed by atoms with Gasteiger partial charge in [-0.05, 0) is 0 Å². The summed E-state index contributed by atoms with van der Waals surface area (Å²) >= 11 is 0. The summed E-state index contributed by atoms with van der Waals surface area (Å²) in [6.07, 6.45) is 0. The second-order valence-electron chi connectivity index (χ2n) is 3.99. The standard InChI is InChI=1S/C14H10N2O2/c17-13-14(18-16-15-13,11-7-3-1-4-8-11)12-9-5-2-6-10-12/h1-10H. The molecule has 0 aromatic heterocycles. The quantitative estimate of drug-likeness (QED) is 0.807. The van der Waals surface area contributed by atoms with Gasteiger partial charge >= 0.3 is 5.91 Å². The Bertz CT molecular complexity index is 554. The monoisotopic (exact) mass is 238 g/mol. The molecule has 0 N–H and O–H groups in total. The van der Waals surface area contributed by atoms with Gasteiger partial charge in [-0.2, -0.15) is 0 Å². The lowest BCUT2D eigenvalue weighted by atomic mass is 9.86. The van der Waals surface area contributed by atoms with Gasteiger partial charge in [-0.3, -0.25) is 4.79 Å². The molecule has 18 heavy (non-hydrogen) atoms. The van der Waals surface area contributed by atoms with Crippen molar-refractivity contribution in [3.05, 3.63) is 71.8 Å². The first-order chi connectivity index (χ1) is 8.84. The Kier molecular flexibility index (Phi) is 2.41. The SMILES string of the molecule is O=C1N=NOC1(c1ccccc1)c1ccccc1. The molecule has 3 rings (SSSR count). The minimum atomic E-state index is -1.23. The van der Waals surface area contributed by atoms with Crippen LogP contribution in [0.3, 0.4) is 0 Å². The van der Waals surface area contributed by atoms with Gasteiger partial charge in [-0.1, -0.05) is 65.8 Å². The third-order valence-electron chi connectivity index (χ3n) is 2.97. The van der Waals surface area contributed by atoms with Crippen molar-refractivity contribution >= 4 is 5.91 Å². The molecule has 1 aliphatic rings. The van der Waals surface area contributed by atoms with E-state index in [1.807, 2.05) is 60.7 Å². The zero-order valence-electron chi connectivity index (χ0n) is 9.48. The molecule has 1 amide bonds. The van der Waals surface area contributed by atoms with Crippen molar-refractivity contribution in [2.45, 2.75) is 5.60 Å². The van der Waals surface area contributed by atoms with Crippen LogP contribution in [0.15, 0.2) is 71.1 Å². The van der Waals surface area contributed by atoms with Crippen molar-refractivity contribution < 1.29 is 9.63 Å². The summed E-state index contributed by atoms with van der Waals surface area (Å²) in [7, 11) is 0. The van der Waals surface area contributed by atoms with Crippen molar-refractivity contribution in [1.29, 1.82) is 0 Å². The number of hydrogen-bond acceptors (Lipinski definition) is 3. The highest BCUT2D eigenvalue weighted by Gasteiger charge is 2.49. The lowest BCUT2D eigenvalue weighted by Gasteiger charge is -2.23. The van der Waals surface area contributed by atoms with Gasteiger partial charge in [-0.15, -0.1) is 0 Å². The fourth-order valence-corrected chi connectivity index (χ4v) is 2.09. The Hall–Kier alpha value is -2.49. The van der Waals surface area contributed by atoms with Crippen LogP contribution in [0.5, 0.6) is 0 Å². The van der Waals surface area contributed by atoms with E-state index in [0.717, 1.165) is 11.1 Å². The molecule has 0 aliphatic carbocycles. The first-order valence-corrected chi connectivity index (χ1v) is 5.59. The Labute approximate surface area is 104 Å². The molecular weight excluding hydrogens is 228 g/mol. The molecule has 0 fully saturated rings. The molecule has 0 saturated heterocycles. The van der Waals surface area contributed by atoms with Crippen LogP contribution in [0, 0.1) is 0 Å². The maximum Gasteiger partial charge on any atom is 0.323 e. The van der Waals surface area contributed by atoms with Gasteiger partial charge in [-0.25, -0.2) is 0 Å². The largest absolute Gasteiger partial charge is 0.352 e. The van der Waals surface area contributed by atoms with Crippen LogP contribution >= 0.6 is 0 Å². The van der Waals surface area contributed by atoms with Gasteiger partial charge in [0.25, 0.3) is 5.60 Å². The minimum Gasteiger partial charge on any atom is -0.352 e. The molecule has 0 bridgehead atoms. The van der Waals surface area contributed by atoms with Gasteiger partial charge in [0.1, 0.15) is 0 Å². The van der Waals surface area contributed by atoms with Crippen LogP contribution in [-0.2, 0) is 15.2 Å². The summed E-state index contributed by atoms with van der Waals surface area (Å²) in [6, 6.07) is 18.5. The van der Waals surface area contributed by atoms with E-state index in [1.54, 1.807) is 0 Å². The van der Waals surface area contributed by atoms with E-state index in [0.29, 0.717) is 0 Å². The highest BCUT2D eigenvalue weighted by atomic mass is 16.7. The number of nitrogens with zero attached hydrogens (tertiary/aromatic N) is 2. The fraction of sp³-hybridized carbons (Fsp3) is 0.0714. The van der Waals surface area contributed by atoms with Crippen LogP contribution in [0.1, 0.15) is 11.1 Å². The predicted molar refractivity (Wildman–Crippen MR) is 64.6 cm³/mol. The smallest absolute Gasteiger partial charge is 0.323 e. The summed E-state index contributed by atoms with van der Waals surface area (Å²) in [5.74, 6) is -0.403. The van der Waals surface area contributed by atoms with Gasteiger partial charge in [0.2, 0.25) is 0 Å². The van der Waals surface area contributed by atoms with Crippen molar-refractivity contribution in [2.75, 3.05) is 0 Å². The third-order valence-corrected chi connectivity index (χ3v) is 2.97. The Morgan fingerprint density at radius 1 is 0.833 bits per heavy atom. The first-order valence-electron chi connectivity index (χ1n) is 5.59. The first kappa shape index (κ1) is 10.7. The highest BCUT2D eigenvalue weighted by Crippen LogP contribution is 2.38. The van der Waals surface area contributed by atoms with Crippen molar-refractivity contribution in [3.8, 4) is 0 Å². The van der Waals surface area contributed by atoms with Crippen LogP contribution in [0.4, 0.5) is 0 Å². The molecular formula is C14H10N2O2. The maximum absolute atomic E-state index is 12.1. The topological polar surface area (TPSA) is 51.0 Å². The molecule has 2 aromatic rings. The van der Waals surface area contributed by atoms with Gasteiger partial charge in [0, 0.05) is 16.4 Å². The summed E-state index contributed by atoms with van der Waals surface area (Å²) in [6.45, 7) is 0. The summed E-state index contributed by atoms with van der Waals surface area (Å²) < 4.78 is 0. The molecule has 1 heterocycles. The van der Waals surface area contributed by atoms with Crippen LogP contribution in [-0.4, -0.2) is 5.91 Å². The van der Waals surface area contributed by atoms with E-state index in [9.17, 15) is 4.79 Å². The number of carbonyl (C=O) groups is 1. The zero-order chi connectivity index (χ0) is 12.4. The molecule has 88 valence electrons. The summed E-state index contributed by atoms with van der Waals surface area (Å²) in [5, 5.41) is 6.95. The highest BCUT2D eigenvalue weighted by molar-refractivity contribution is 5.91. The van der Waals surface area contributed by atoms with Crippen LogP contribution < -0.4 is 0 Å². The molecule has 2 aromatic carbocycles. The summed E-state index contributed by atoms with van der Waals surface area (Å²) in [5.41, 5.74) is 0.222. The molecule has 1 aliphatic heterocycles. The molecule has 0 unspecified atom stereocenters. The normalized spacial score (nSPS) is 16.6. The second kappa shape index (κ2) is 4.07. The van der Waals surface area contributed by atoms with Gasteiger partial charge < -0.3 is 4.84 Å². The lowest BCUT2D eigenvalue weighted by Crippen LogP contribution is -2.34. The van der Waals surface area contributed by atoms with Gasteiger partial charge in [0.05, 0.1) is 0 Å². The number of amides is 1. The fourth-order valence-electron chi connectivity index (χ4n) is 2.09. The molecule has 0 spiro atoms. The van der Waals surface area contributed by atoms with Crippen LogP contribution in [0.25, 0.3) is 0 Å². The van der Waals surface area contributed by atoms with Crippen LogP contribution in [0.2, 0.25) is 0 Å². The number of hydrogen-bond donors (Lipinski definition) is 0. The minimum absolute atomic E-state index is 0.403. The average molecular weight is 238 g/mol. The predicted octanol–water partition coefficient (Wildman–Crippen LogP) is 2.85. The van der Waals surface area contributed by atoms with E-state index < -0.39 is 11.5 Å². The number of carbonyl (C=O) groups excluding carboxylic acids is 1. The molecule has 4 nitrogen and oxygen atoms in total. The third kappa shape index (κ3) is 1.43. The van der Waals surface area contributed by atoms with E-state index >= 15 is 0 Å². The van der Waals surface area contributed by atoms with Crippen molar-refractivity contribution in [2.24, 2.45) is 10.4 Å². The molecule has 0 saturated carbocycles. The van der Waals surface area contributed by atoms with E-state index in [-0.39, 0.29) is 0 Å². The lowest BCUT2D eigenvalue weighted by molar-refractivity contribution is -0.131. The average Bonchev–Trinajstić information content (AvgIpc) is 2.84. The molecule has 0 atom stereocenters. The molecule has 4 heteroatoms. The van der Waals surface area contributed by atoms with E-state index in [1.165, 1.54) is 0 Å². The van der Waals surface area contributed by atoms with Crippen molar-refractivity contribution in [3.63, 3.8) is 0 Å². The van der Waals surface area contributed by atoms with Crippen molar-refractivity contribution in [1.82, 2.24) is 0 Å². The number of benzene rings is 2.